The summed E-state index contributed by atoms with van der Waals surface area (Å²) >= 11 is 0. The second kappa shape index (κ2) is 10.7. The van der Waals surface area contributed by atoms with E-state index in [1.54, 1.807) is 12.1 Å². The van der Waals surface area contributed by atoms with Crippen molar-refractivity contribution in [2.75, 3.05) is 13.1 Å². The maximum absolute atomic E-state index is 12.7. The van der Waals surface area contributed by atoms with E-state index in [0.29, 0.717) is 5.92 Å². The second-order valence-electron chi connectivity index (χ2n) is 8.23. The Morgan fingerprint density at radius 3 is 2.06 bits per heavy atom. The van der Waals surface area contributed by atoms with E-state index in [0.717, 1.165) is 24.1 Å². The Kier molecular flexibility index (Phi) is 8.02. The molecule has 0 aliphatic heterocycles. The Bertz CT molecular complexity index is 1040. The van der Waals surface area contributed by atoms with Crippen LogP contribution in [0.5, 0.6) is 0 Å². The molecule has 0 heterocycles. The lowest BCUT2D eigenvalue weighted by Gasteiger charge is -2.20. The van der Waals surface area contributed by atoms with Crippen LogP contribution < -0.4 is 10.0 Å². The molecule has 0 saturated carbocycles. The molecule has 0 amide bonds. The molecular formula is C26H32N2O2S. The minimum Gasteiger partial charge on any atom is -0.309 e. The molecule has 2 N–H and O–H groups in total. The highest BCUT2D eigenvalue weighted by atomic mass is 32.2. The van der Waals surface area contributed by atoms with Crippen LogP contribution in [0, 0.1) is 6.92 Å². The Morgan fingerprint density at radius 2 is 1.45 bits per heavy atom. The smallest absolute Gasteiger partial charge is 0.240 e. The van der Waals surface area contributed by atoms with Gasteiger partial charge in [-0.05, 0) is 54.6 Å². The van der Waals surface area contributed by atoms with Crippen molar-refractivity contribution in [1.29, 1.82) is 0 Å². The molecular weight excluding hydrogens is 404 g/mol. The van der Waals surface area contributed by atoms with E-state index in [2.05, 4.69) is 48.2 Å². The van der Waals surface area contributed by atoms with Gasteiger partial charge in [-0.3, -0.25) is 0 Å². The van der Waals surface area contributed by atoms with Crippen LogP contribution >= 0.6 is 0 Å². The Hall–Kier alpha value is -2.47. The van der Waals surface area contributed by atoms with Crippen molar-refractivity contribution in [3.05, 3.63) is 101 Å². The van der Waals surface area contributed by atoms with Crippen LogP contribution in [-0.2, 0) is 16.4 Å². The SMILES string of the molecule is Cc1ccc(S(=O)(=O)NCC(NCCc2ccc(C(C)C)cc2)c2ccccc2)cc1. The summed E-state index contributed by atoms with van der Waals surface area (Å²) in [6, 6.07) is 25.5. The van der Waals surface area contributed by atoms with Gasteiger partial charge in [-0.2, -0.15) is 0 Å². The van der Waals surface area contributed by atoms with Crippen molar-refractivity contribution >= 4 is 10.0 Å². The van der Waals surface area contributed by atoms with Crippen LogP contribution in [0.2, 0.25) is 0 Å². The molecule has 5 heteroatoms. The first-order chi connectivity index (χ1) is 14.8. The van der Waals surface area contributed by atoms with E-state index in [9.17, 15) is 8.42 Å². The molecule has 3 rings (SSSR count). The van der Waals surface area contributed by atoms with Crippen molar-refractivity contribution in [1.82, 2.24) is 10.0 Å². The fraction of sp³-hybridized carbons (Fsp3) is 0.308. The predicted molar refractivity (Wildman–Crippen MR) is 128 cm³/mol. The van der Waals surface area contributed by atoms with Crippen molar-refractivity contribution in [3.8, 4) is 0 Å². The Morgan fingerprint density at radius 1 is 0.806 bits per heavy atom. The zero-order valence-corrected chi connectivity index (χ0v) is 19.3. The fourth-order valence-electron chi connectivity index (χ4n) is 3.45. The van der Waals surface area contributed by atoms with Gasteiger partial charge in [0.1, 0.15) is 0 Å². The molecule has 0 aliphatic carbocycles. The van der Waals surface area contributed by atoms with Gasteiger partial charge in [-0.15, -0.1) is 0 Å². The average Bonchev–Trinajstić information content (AvgIpc) is 2.77. The van der Waals surface area contributed by atoms with E-state index in [1.807, 2.05) is 49.4 Å². The quantitative estimate of drug-likeness (QED) is 0.472. The first kappa shape index (κ1) is 23.2. The Balaban J connectivity index is 1.64. The van der Waals surface area contributed by atoms with E-state index in [-0.39, 0.29) is 17.5 Å². The third kappa shape index (κ3) is 6.76. The molecule has 1 unspecified atom stereocenters. The summed E-state index contributed by atoms with van der Waals surface area (Å²) in [6.45, 7) is 7.37. The van der Waals surface area contributed by atoms with Gasteiger partial charge in [0.05, 0.1) is 4.90 Å². The highest BCUT2D eigenvalue weighted by molar-refractivity contribution is 7.89. The number of hydrogen-bond donors (Lipinski definition) is 2. The van der Waals surface area contributed by atoms with Crippen LogP contribution in [0.4, 0.5) is 0 Å². The summed E-state index contributed by atoms with van der Waals surface area (Å²) in [7, 11) is -3.56. The molecule has 1 atom stereocenters. The number of nitrogens with one attached hydrogen (secondary N) is 2. The lowest BCUT2D eigenvalue weighted by atomic mass is 10.0. The van der Waals surface area contributed by atoms with Gasteiger partial charge < -0.3 is 5.32 Å². The van der Waals surface area contributed by atoms with Crippen molar-refractivity contribution in [3.63, 3.8) is 0 Å². The molecule has 3 aromatic carbocycles. The number of aryl methyl sites for hydroxylation is 1. The zero-order chi connectivity index (χ0) is 22.3. The van der Waals surface area contributed by atoms with Crippen LogP contribution in [0.25, 0.3) is 0 Å². The lowest BCUT2D eigenvalue weighted by Crippen LogP contribution is -2.35. The third-order valence-corrected chi connectivity index (χ3v) is 6.90. The summed E-state index contributed by atoms with van der Waals surface area (Å²) in [5, 5.41) is 3.53. The van der Waals surface area contributed by atoms with Crippen molar-refractivity contribution < 1.29 is 8.42 Å². The molecule has 31 heavy (non-hydrogen) atoms. The van der Waals surface area contributed by atoms with E-state index < -0.39 is 10.0 Å². The van der Waals surface area contributed by atoms with Crippen LogP contribution in [0.15, 0.2) is 83.8 Å². The summed E-state index contributed by atoms with van der Waals surface area (Å²) in [5.74, 6) is 0.524. The predicted octanol–water partition coefficient (Wildman–Crippen LogP) is 4.97. The number of hydrogen-bond acceptors (Lipinski definition) is 3. The molecule has 164 valence electrons. The van der Waals surface area contributed by atoms with Gasteiger partial charge in [0.25, 0.3) is 0 Å². The van der Waals surface area contributed by atoms with Crippen LogP contribution in [-0.4, -0.2) is 21.5 Å². The standard InChI is InChI=1S/C26H32N2O2S/c1-20(2)23-13-11-22(12-14-23)17-18-27-26(24-7-5-4-6-8-24)19-28-31(29,30)25-15-9-21(3)10-16-25/h4-16,20,26-28H,17-19H2,1-3H3. The van der Waals surface area contributed by atoms with Gasteiger partial charge in [0.2, 0.25) is 10.0 Å². The minimum absolute atomic E-state index is 0.114. The second-order valence-corrected chi connectivity index (χ2v) is 10.00. The molecule has 4 nitrogen and oxygen atoms in total. The van der Waals surface area contributed by atoms with Gasteiger partial charge in [-0.25, -0.2) is 13.1 Å². The van der Waals surface area contributed by atoms with E-state index >= 15 is 0 Å². The summed E-state index contributed by atoms with van der Waals surface area (Å²) in [5.41, 5.74) is 4.70. The van der Waals surface area contributed by atoms with Crippen molar-refractivity contribution in [2.24, 2.45) is 0 Å². The lowest BCUT2D eigenvalue weighted by molar-refractivity contribution is 0.516. The maximum Gasteiger partial charge on any atom is 0.240 e. The zero-order valence-electron chi connectivity index (χ0n) is 18.5. The molecule has 0 radical (unpaired) electrons. The molecule has 0 saturated heterocycles. The van der Waals surface area contributed by atoms with Gasteiger partial charge in [-0.1, -0.05) is 86.1 Å². The first-order valence-corrected chi connectivity index (χ1v) is 12.3. The first-order valence-electron chi connectivity index (χ1n) is 10.8. The topological polar surface area (TPSA) is 58.2 Å². The van der Waals surface area contributed by atoms with Crippen LogP contribution in [0.1, 0.15) is 48.1 Å². The fourth-order valence-corrected chi connectivity index (χ4v) is 4.49. The molecule has 0 spiro atoms. The number of sulfonamides is 1. The van der Waals surface area contributed by atoms with Gasteiger partial charge >= 0.3 is 0 Å². The Labute approximate surface area is 186 Å². The molecule has 3 aromatic rings. The summed E-state index contributed by atoms with van der Waals surface area (Å²) in [4.78, 5) is 0.287. The van der Waals surface area contributed by atoms with Crippen molar-refractivity contribution in [2.45, 2.75) is 44.0 Å². The highest BCUT2D eigenvalue weighted by Crippen LogP contribution is 2.17. The number of rotatable bonds is 10. The average molecular weight is 437 g/mol. The summed E-state index contributed by atoms with van der Waals surface area (Å²) in [6.07, 6.45) is 0.881. The van der Waals surface area contributed by atoms with E-state index in [4.69, 9.17) is 0 Å². The third-order valence-electron chi connectivity index (χ3n) is 5.46. The minimum atomic E-state index is -3.56. The van der Waals surface area contributed by atoms with E-state index in [1.165, 1.54) is 11.1 Å². The normalized spacial score (nSPS) is 12.8. The van der Waals surface area contributed by atoms with Gasteiger partial charge in [0, 0.05) is 12.6 Å². The molecule has 0 bridgehead atoms. The highest BCUT2D eigenvalue weighted by Gasteiger charge is 2.18. The number of benzene rings is 3. The molecule has 0 aromatic heterocycles. The monoisotopic (exact) mass is 436 g/mol. The maximum atomic E-state index is 12.7. The molecule has 0 fully saturated rings. The largest absolute Gasteiger partial charge is 0.309 e. The van der Waals surface area contributed by atoms with Crippen LogP contribution in [0.3, 0.4) is 0 Å². The van der Waals surface area contributed by atoms with Gasteiger partial charge in [0.15, 0.2) is 0 Å². The summed E-state index contributed by atoms with van der Waals surface area (Å²) < 4.78 is 28.2. The molecule has 0 aliphatic rings.